The molecule has 2 heterocycles. The molecule has 0 aromatic heterocycles. The Morgan fingerprint density at radius 3 is 2.48 bits per heavy atom. The number of methoxy groups -OCH3 is 1. The number of ether oxygens (including phenoxy) is 3. The highest BCUT2D eigenvalue weighted by molar-refractivity contribution is 5.81. The SMILES string of the molecule is COc1ccc(CCNC(=O)[C@H](C)N2CCN(Cc3ccc4c(c3)OCO4)CC2)cc1. The molecule has 1 amide bonds. The van der Waals surface area contributed by atoms with Crippen LogP contribution in [-0.2, 0) is 17.8 Å². The number of fused-ring (bicyclic) bond motifs is 1. The van der Waals surface area contributed by atoms with Crippen molar-refractivity contribution in [2.75, 3.05) is 46.6 Å². The second-order valence-electron chi connectivity index (χ2n) is 8.06. The topological polar surface area (TPSA) is 63.3 Å². The molecule has 2 aliphatic heterocycles. The van der Waals surface area contributed by atoms with E-state index in [-0.39, 0.29) is 11.9 Å². The fourth-order valence-electron chi connectivity index (χ4n) is 4.04. The third-order valence-electron chi connectivity index (χ3n) is 6.05. The average molecular weight is 426 g/mol. The highest BCUT2D eigenvalue weighted by Gasteiger charge is 2.25. The van der Waals surface area contributed by atoms with Crippen molar-refractivity contribution >= 4 is 5.91 Å². The molecule has 0 bridgehead atoms. The number of hydrogen-bond acceptors (Lipinski definition) is 6. The van der Waals surface area contributed by atoms with Crippen LogP contribution in [0.2, 0.25) is 0 Å². The number of amides is 1. The van der Waals surface area contributed by atoms with E-state index in [4.69, 9.17) is 14.2 Å². The molecule has 1 fully saturated rings. The van der Waals surface area contributed by atoms with E-state index in [1.807, 2.05) is 37.3 Å². The summed E-state index contributed by atoms with van der Waals surface area (Å²) in [4.78, 5) is 17.3. The molecule has 0 saturated carbocycles. The lowest BCUT2D eigenvalue weighted by atomic mass is 10.1. The van der Waals surface area contributed by atoms with Crippen molar-refractivity contribution in [2.24, 2.45) is 0 Å². The zero-order valence-electron chi connectivity index (χ0n) is 18.3. The summed E-state index contributed by atoms with van der Waals surface area (Å²) in [5.74, 6) is 2.59. The van der Waals surface area contributed by atoms with Gasteiger partial charge in [-0.3, -0.25) is 14.6 Å². The molecule has 1 atom stereocenters. The van der Waals surface area contributed by atoms with Gasteiger partial charge in [0.05, 0.1) is 13.2 Å². The smallest absolute Gasteiger partial charge is 0.237 e. The first kappa shape index (κ1) is 21.5. The van der Waals surface area contributed by atoms with Gasteiger partial charge in [0.1, 0.15) is 5.75 Å². The standard InChI is InChI=1S/C24H31N3O4/c1-18(24(28)25-10-9-19-3-6-21(29-2)7-4-19)27-13-11-26(12-14-27)16-20-5-8-22-23(15-20)31-17-30-22/h3-8,15,18H,9-14,16-17H2,1-2H3,(H,25,28)/t18-/m0/s1. The van der Waals surface area contributed by atoms with E-state index in [1.54, 1.807) is 7.11 Å². The third kappa shape index (κ3) is 5.48. The van der Waals surface area contributed by atoms with Crippen LogP contribution in [0.1, 0.15) is 18.1 Å². The molecule has 0 spiro atoms. The third-order valence-corrected chi connectivity index (χ3v) is 6.05. The van der Waals surface area contributed by atoms with Gasteiger partial charge in [0.15, 0.2) is 11.5 Å². The molecule has 166 valence electrons. The number of carbonyl (C=O) groups is 1. The van der Waals surface area contributed by atoms with Crippen LogP contribution >= 0.6 is 0 Å². The van der Waals surface area contributed by atoms with E-state index in [0.29, 0.717) is 13.3 Å². The van der Waals surface area contributed by atoms with Crippen molar-refractivity contribution in [3.8, 4) is 17.2 Å². The van der Waals surface area contributed by atoms with Crippen LogP contribution in [0.4, 0.5) is 0 Å². The minimum atomic E-state index is -0.122. The van der Waals surface area contributed by atoms with Gasteiger partial charge in [0.2, 0.25) is 12.7 Å². The quantitative estimate of drug-likeness (QED) is 0.700. The van der Waals surface area contributed by atoms with Gasteiger partial charge in [-0.15, -0.1) is 0 Å². The molecule has 2 aliphatic rings. The minimum Gasteiger partial charge on any atom is -0.497 e. The van der Waals surface area contributed by atoms with Gasteiger partial charge >= 0.3 is 0 Å². The number of carbonyl (C=O) groups excluding carboxylic acids is 1. The van der Waals surface area contributed by atoms with Crippen molar-refractivity contribution in [1.82, 2.24) is 15.1 Å². The Kier molecular flexibility index (Phi) is 6.94. The van der Waals surface area contributed by atoms with Gasteiger partial charge in [0, 0.05) is 39.3 Å². The van der Waals surface area contributed by atoms with Crippen LogP contribution in [0.15, 0.2) is 42.5 Å². The Morgan fingerprint density at radius 2 is 1.74 bits per heavy atom. The summed E-state index contributed by atoms with van der Waals surface area (Å²) < 4.78 is 16.0. The van der Waals surface area contributed by atoms with E-state index >= 15 is 0 Å². The van der Waals surface area contributed by atoms with E-state index in [2.05, 4.69) is 27.2 Å². The van der Waals surface area contributed by atoms with Crippen LogP contribution in [0.3, 0.4) is 0 Å². The fourth-order valence-corrected chi connectivity index (χ4v) is 4.04. The fraction of sp³-hybridized carbons (Fsp3) is 0.458. The van der Waals surface area contributed by atoms with Gasteiger partial charge in [-0.2, -0.15) is 0 Å². The number of nitrogens with zero attached hydrogens (tertiary/aromatic N) is 2. The summed E-state index contributed by atoms with van der Waals surface area (Å²) in [6.45, 7) is 7.48. The first-order valence-electron chi connectivity index (χ1n) is 10.9. The lowest BCUT2D eigenvalue weighted by Gasteiger charge is -2.37. The van der Waals surface area contributed by atoms with Crippen molar-refractivity contribution in [2.45, 2.75) is 25.9 Å². The first-order chi connectivity index (χ1) is 15.1. The number of hydrogen-bond donors (Lipinski definition) is 1. The van der Waals surface area contributed by atoms with Crippen molar-refractivity contribution in [3.05, 3.63) is 53.6 Å². The number of nitrogens with one attached hydrogen (secondary N) is 1. The molecule has 1 N–H and O–H groups in total. The number of rotatable bonds is 8. The molecule has 2 aromatic rings. The molecular weight excluding hydrogens is 394 g/mol. The maximum Gasteiger partial charge on any atom is 0.237 e. The normalized spacial score (nSPS) is 17.4. The van der Waals surface area contributed by atoms with E-state index in [9.17, 15) is 4.79 Å². The minimum absolute atomic E-state index is 0.0951. The molecule has 0 aliphatic carbocycles. The summed E-state index contributed by atoms with van der Waals surface area (Å²) >= 11 is 0. The molecule has 31 heavy (non-hydrogen) atoms. The van der Waals surface area contributed by atoms with Crippen LogP contribution < -0.4 is 19.5 Å². The van der Waals surface area contributed by atoms with Crippen LogP contribution in [0, 0.1) is 0 Å². The molecule has 0 radical (unpaired) electrons. The van der Waals surface area contributed by atoms with E-state index in [1.165, 1.54) is 11.1 Å². The molecule has 7 nitrogen and oxygen atoms in total. The summed E-state index contributed by atoms with van der Waals surface area (Å²) in [5, 5.41) is 3.08. The second kappa shape index (κ2) is 10.0. The van der Waals surface area contributed by atoms with Crippen LogP contribution in [-0.4, -0.2) is 68.4 Å². The highest BCUT2D eigenvalue weighted by atomic mass is 16.7. The molecule has 4 rings (SSSR count). The second-order valence-corrected chi connectivity index (χ2v) is 8.06. The molecule has 1 saturated heterocycles. The summed E-state index contributed by atoms with van der Waals surface area (Å²) in [6.07, 6.45) is 0.811. The Morgan fingerprint density at radius 1 is 1.03 bits per heavy atom. The molecule has 2 aromatic carbocycles. The van der Waals surface area contributed by atoms with Gasteiger partial charge in [-0.05, 0) is 48.7 Å². The first-order valence-corrected chi connectivity index (χ1v) is 10.9. The Labute approximate surface area is 183 Å². The predicted molar refractivity (Wildman–Crippen MR) is 119 cm³/mol. The summed E-state index contributed by atoms with van der Waals surface area (Å²) in [5.41, 5.74) is 2.41. The Bertz CT molecular complexity index is 879. The Hall–Kier alpha value is -2.77. The maximum atomic E-state index is 12.6. The maximum absolute atomic E-state index is 12.6. The van der Waals surface area contributed by atoms with Crippen molar-refractivity contribution < 1.29 is 19.0 Å². The zero-order valence-corrected chi connectivity index (χ0v) is 18.3. The summed E-state index contributed by atoms with van der Waals surface area (Å²) in [6, 6.07) is 14.0. The summed E-state index contributed by atoms with van der Waals surface area (Å²) in [7, 11) is 1.66. The molecule has 0 unspecified atom stereocenters. The monoisotopic (exact) mass is 425 g/mol. The van der Waals surface area contributed by atoms with E-state index in [0.717, 1.165) is 56.4 Å². The highest BCUT2D eigenvalue weighted by Crippen LogP contribution is 2.32. The molecular formula is C24H31N3O4. The van der Waals surface area contributed by atoms with Crippen molar-refractivity contribution in [3.63, 3.8) is 0 Å². The van der Waals surface area contributed by atoms with Crippen LogP contribution in [0.25, 0.3) is 0 Å². The number of piperazine rings is 1. The number of benzene rings is 2. The van der Waals surface area contributed by atoms with Gasteiger partial charge in [-0.1, -0.05) is 18.2 Å². The van der Waals surface area contributed by atoms with E-state index < -0.39 is 0 Å². The van der Waals surface area contributed by atoms with Crippen molar-refractivity contribution in [1.29, 1.82) is 0 Å². The van der Waals surface area contributed by atoms with Gasteiger partial charge in [0.25, 0.3) is 0 Å². The molecule has 7 heteroatoms. The predicted octanol–water partition coefficient (Wildman–Crippen LogP) is 2.29. The Balaban J connectivity index is 1.18. The lowest BCUT2D eigenvalue weighted by molar-refractivity contribution is -0.126. The largest absolute Gasteiger partial charge is 0.497 e. The zero-order chi connectivity index (χ0) is 21.6. The lowest BCUT2D eigenvalue weighted by Crippen LogP contribution is -2.53. The van der Waals surface area contributed by atoms with Crippen LogP contribution in [0.5, 0.6) is 17.2 Å². The average Bonchev–Trinajstić information content (AvgIpc) is 3.27. The van der Waals surface area contributed by atoms with Gasteiger partial charge < -0.3 is 19.5 Å². The van der Waals surface area contributed by atoms with Gasteiger partial charge in [-0.25, -0.2) is 0 Å².